The molecule has 0 saturated carbocycles. The molecule has 1 unspecified atom stereocenters. The minimum absolute atomic E-state index is 0.217. The first-order valence-corrected chi connectivity index (χ1v) is 4.57. The lowest BCUT2D eigenvalue weighted by Crippen LogP contribution is -2.02. The van der Waals surface area contributed by atoms with Crippen molar-refractivity contribution in [2.75, 3.05) is 0 Å². The van der Waals surface area contributed by atoms with Gasteiger partial charge in [0.1, 0.15) is 17.5 Å². The molecular weight excluding hydrogens is 194 g/mol. The second kappa shape index (κ2) is 4.10. The fraction of sp³-hybridized carbons (Fsp3) is 0.200. The number of aromatic amines is 1. The summed E-state index contributed by atoms with van der Waals surface area (Å²) < 4.78 is 0. The van der Waals surface area contributed by atoms with Crippen molar-refractivity contribution >= 4 is 0 Å². The Morgan fingerprint density at radius 3 is 2.60 bits per heavy atom. The molecule has 15 heavy (non-hydrogen) atoms. The van der Waals surface area contributed by atoms with E-state index in [1.165, 1.54) is 6.20 Å². The third kappa shape index (κ3) is 2.32. The highest BCUT2D eigenvalue weighted by Crippen LogP contribution is 2.17. The minimum Gasteiger partial charge on any atom is -0.508 e. The SMILES string of the molecule is Oc1ccc(CC(O)c2cn[nH]n2)cc1. The number of aliphatic hydroxyl groups is 1. The number of rotatable bonds is 3. The quantitative estimate of drug-likeness (QED) is 0.691. The number of nitrogens with one attached hydrogen (secondary N) is 1. The molecule has 0 fully saturated rings. The maximum absolute atomic E-state index is 9.75. The number of aromatic hydroxyl groups is 1. The Morgan fingerprint density at radius 2 is 2.00 bits per heavy atom. The van der Waals surface area contributed by atoms with Gasteiger partial charge < -0.3 is 10.2 Å². The molecule has 1 atom stereocenters. The number of aromatic nitrogens is 3. The Bertz CT molecular complexity index is 411. The number of benzene rings is 1. The molecule has 0 radical (unpaired) electrons. The van der Waals surface area contributed by atoms with E-state index in [1.807, 2.05) is 0 Å². The lowest BCUT2D eigenvalue weighted by molar-refractivity contribution is 0.173. The smallest absolute Gasteiger partial charge is 0.115 e. The van der Waals surface area contributed by atoms with Gasteiger partial charge in [-0.25, -0.2) is 0 Å². The molecule has 0 spiro atoms. The molecule has 0 aliphatic carbocycles. The van der Waals surface area contributed by atoms with E-state index in [0.29, 0.717) is 12.1 Å². The summed E-state index contributed by atoms with van der Waals surface area (Å²) in [7, 11) is 0. The molecule has 0 aliphatic heterocycles. The number of hydrogen-bond donors (Lipinski definition) is 3. The highest BCUT2D eigenvalue weighted by molar-refractivity contribution is 5.26. The summed E-state index contributed by atoms with van der Waals surface area (Å²) in [5.41, 5.74) is 1.45. The van der Waals surface area contributed by atoms with Gasteiger partial charge in [0.05, 0.1) is 6.20 Å². The van der Waals surface area contributed by atoms with Crippen LogP contribution < -0.4 is 0 Å². The van der Waals surface area contributed by atoms with Crippen molar-refractivity contribution in [3.05, 3.63) is 41.7 Å². The molecule has 0 bridgehead atoms. The summed E-state index contributed by atoms with van der Waals surface area (Å²) in [5, 5.41) is 28.7. The van der Waals surface area contributed by atoms with Gasteiger partial charge in [-0.15, -0.1) is 0 Å². The van der Waals surface area contributed by atoms with Crippen LogP contribution in [-0.4, -0.2) is 25.6 Å². The van der Waals surface area contributed by atoms with E-state index in [4.69, 9.17) is 5.11 Å². The first-order valence-electron chi connectivity index (χ1n) is 4.57. The monoisotopic (exact) mass is 205 g/mol. The average molecular weight is 205 g/mol. The van der Waals surface area contributed by atoms with Crippen LogP contribution in [0.5, 0.6) is 5.75 Å². The Kier molecular flexibility index (Phi) is 2.64. The largest absolute Gasteiger partial charge is 0.508 e. The molecule has 78 valence electrons. The molecule has 2 aromatic rings. The summed E-state index contributed by atoms with van der Waals surface area (Å²) in [6.45, 7) is 0. The van der Waals surface area contributed by atoms with Crippen LogP contribution in [0, 0.1) is 0 Å². The van der Waals surface area contributed by atoms with Crippen LogP contribution in [0.3, 0.4) is 0 Å². The minimum atomic E-state index is -0.673. The molecule has 5 heteroatoms. The zero-order valence-corrected chi connectivity index (χ0v) is 7.96. The lowest BCUT2D eigenvalue weighted by Gasteiger charge is -2.06. The van der Waals surface area contributed by atoms with Gasteiger partial charge in [0.15, 0.2) is 0 Å². The molecule has 2 rings (SSSR count). The van der Waals surface area contributed by atoms with Gasteiger partial charge in [0, 0.05) is 6.42 Å². The summed E-state index contributed by atoms with van der Waals surface area (Å²) in [4.78, 5) is 0. The van der Waals surface area contributed by atoms with Gasteiger partial charge >= 0.3 is 0 Å². The first-order chi connectivity index (χ1) is 7.25. The van der Waals surface area contributed by atoms with Crippen molar-refractivity contribution in [1.29, 1.82) is 0 Å². The van der Waals surface area contributed by atoms with E-state index in [9.17, 15) is 5.11 Å². The van der Waals surface area contributed by atoms with Gasteiger partial charge in [0.2, 0.25) is 0 Å². The van der Waals surface area contributed by atoms with E-state index in [0.717, 1.165) is 5.56 Å². The van der Waals surface area contributed by atoms with Crippen LogP contribution >= 0.6 is 0 Å². The van der Waals surface area contributed by atoms with Crippen molar-refractivity contribution in [2.45, 2.75) is 12.5 Å². The fourth-order valence-corrected chi connectivity index (χ4v) is 1.33. The highest BCUT2D eigenvalue weighted by atomic mass is 16.3. The molecule has 0 amide bonds. The Morgan fingerprint density at radius 1 is 1.27 bits per heavy atom. The number of phenols is 1. The Hall–Kier alpha value is -1.88. The second-order valence-corrected chi connectivity index (χ2v) is 3.28. The Labute approximate surface area is 86.4 Å². The topological polar surface area (TPSA) is 82.0 Å². The van der Waals surface area contributed by atoms with E-state index >= 15 is 0 Å². The molecule has 0 aliphatic rings. The van der Waals surface area contributed by atoms with E-state index < -0.39 is 6.10 Å². The standard InChI is InChI=1S/C10H11N3O2/c14-8-3-1-7(2-4-8)5-10(15)9-6-11-13-12-9/h1-4,6,10,14-15H,5H2,(H,11,12,13). The van der Waals surface area contributed by atoms with E-state index in [-0.39, 0.29) is 5.75 Å². The number of hydrogen-bond acceptors (Lipinski definition) is 4. The third-order valence-electron chi connectivity index (χ3n) is 2.14. The van der Waals surface area contributed by atoms with Crippen LogP contribution in [0.25, 0.3) is 0 Å². The van der Waals surface area contributed by atoms with Gasteiger partial charge in [0.25, 0.3) is 0 Å². The van der Waals surface area contributed by atoms with E-state index in [2.05, 4.69) is 15.4 Å². The molecule has 1 aromatic carbocycles. The van der Waals surface area contributed by atoms with Gasteiger partial charge in [-0.05, 0) is 17.7 Å². The predicted molar refractivity (Wildman–Crippen MR) is 53.2 cm³/mol. The van der Waals surface area contributed by atoms with Crippen LogP contribution in [0.4, 0.5) is 0 Å². The summed E-state index contributed by atoms with van der Waals surface area (Å²) in [6.07, 6.45) is 1.27. The number of nitrogens with zero attached hydrogens (tertiary/aromatic N) is 2. The van der Waals surface area contributed by atoms with Crippen LogP contribution in [0.2, 0.25) is 0 Å². The van der Waals surface area contributed by atoms with Crippen LogP contribution in [-0.2, 0) is 6.42 Å². The predicted octanol–water partition coefficient (Wildman–Crippen LogP) is 0.786. The zero-order chi connectivity index (χ0) is 10.7. The Balaban J connectivity index is 2.06. The van der Waals surface area contributed by atoms with Gasteiger partial charge in [-0.3, -0.25) is 0 Å². The van der Waals surface area contributed by atoms with Gasteiger partial charge in [-0.1, -0.05) is 12.1 Å². The molecule has 0 saturated heterocycles. The van der Waals surface area contributed by atoms with Crippen molar-refractivity contribution in [1.82, 2.24) is 15.4 Å². The normalized spacial score (nSPS) is 12.6. The van der Waals surface area contributed by atoms with Crippen LogP contribution in [0.1, 0.15) is 17.4 Å². The summed E-state index contributed by atoms with van der Waals surface area (Å²) >= 11 is 0. The lowest BCUT2D eigenvalue weighted by atomic mass is 10.1. The first kappa shape index (κ1) is 9.67. The summed E-state index contributed by atoms with van der Waals surface area (Å²) in [5.74, 6) is 0.217. The van der Waals surface area contributed by atoms with Crippen molar-refractivity contribution < 1.29 is 10.2 Å². The van der Waals surface area contributed by atoms with Crippen molar-refractivity contribution in [3.8, 4) is 5.75 Å². The third-order valence-corrected chi connectivity index (χ3v) is 2.14. The molecule has 3 N–H and O–H groups in total. The van der Waals surface area contributed by atoms with Crippen molar-refractivity contribution in [2.24, 2.45) is 0 Å². The molecule has 1 aromatic heterocycles. The zero-order valence-electron chi connectivity index (χ0n) is 7.96. The van der Waals surface area contributed by atoms with Crippen LogP contribution in [0.15, 0.2) is 30.5 Å². The number of phenolic OH excluding ortho intramolecular Hbond substituents is 1. The summed E-state index contributed by atoms with van der Waals surface area (Å²) in [6, 6.07) is 6.70. The maximum atomic E-state index is 9.75. The number of aliphatic hydroxyl groups excluding tert-OH is 1. The molecule has 5 nitrogen and oxygen atoms in total. The van der Waals surface area contributed by atoms with E-state index in [1.54, 1.807) is 24.3 Å². The molecular formula is C10H11N3O2. The second-order valence-electron chi connectivity index (χ2n) is 3.28. The highest BCUT2D eigenvalue weighted by Gasteiger charge is 2.10. The average Bonchev–Trinajstić information content (AvgIpc) is 2.74. The van der Waals surface area contributed by atoms with Crippen molar-refractivity contribution in [3.63, 3.8) is 0 Å². The van der Waals surface area contributed by atoms with Gasteiger partial charge in [-0.2, -0.15) is 15.4 Å². The molecule has 1 heterocycles. The number of H-pyrrole nitrogens is 1. The maximum Gasteiger partial charge on any atom is 0.115 e. The fourth-order valence-electron chi connectivity index (χ4n) is 1.33.